The van der Waals surface area contributed by atoms with Crippen molar-refractivity contribution in [2.75, 3.05) is 6.16 Å². The summed E-state index contributed by atoms with van der Waals surface area (Å²) in [4.78, 5) is 19.1. The van der Waals surface area contributed by atoms with E-state index in [0.29, 0.717) is 11.6 Å². The van der Waals surface area contributed by atoms with E-state index in [1.807, 2.05) is 12.1 Å². The Morgan fingerprint density at radius 1 is 0.676 bits per heavy atom. The summed E-state index contributed by atoms with van der Waals surface area (Å²) < 4.78 is 0. The van der Waals surface area contributed by atoms with Gasteiger partial charge in [0.15, 0.2) is 0 Å². The highest BCUT2D eigenvalue weighted by molar-refractivity contribution is 7.19. The molecule has 6 heteroatoms. The number of allylic oxidation sites excluding steroid dienone is 4. The van der Waals surface area contributed by atoms with E-state index in [9.17, 15) is 0 Å². The summed E-state index contributed by atoms with van der Waals surface area (Å²) in [5, 5.41) is -0.817. The molecule has 0 N–H and O–H groups in total. The van der Waals surface area contributed by atoms with Crippen molar-refractivity contribution < 1.29 is 0 Å². The maximum Gasteiger partial charge on any atom is 0.149 e. The van der Waals surface area contributed by atoms with Crippen LogP contribution >= 0.6 is 18.5 Å². The van der Waals surface area contributed by atoms with E-state index in [4.69, 9.17) is 19.9 Å². The molecule has 0 saturated carbocycles. The minimum atomic E-state index is -0.817. The summed E-state index contributed by atoms with van der Waals surface area (Å²) in [6, 6.07) is 25.2. The second-order valence-corrected chi connectivity index (χ2v) is 11.6. The van der Waals surface area contributed by atoms with Crippen LogP contribution in [-0.4, -0.2) is 26.1 Å². The Bertz CT molecular complexity index is 1390. The molecule has 0 amide bonds. The second kappa shape index (κ2) is 10.4. The predicted molar refractivity (Wildman–Crippen MR) is 159 cm³/mol. The van der Waals surface area contributed by atoms with Crippen molar-refractivity contribution in [3.05, 3.63) is 132 Å². The Morgan fingerprint density at radius 3 is 1.57 bits per heavy atom. The van der Waals surface area contributed by atoms with Crippen molar-refractivity contribution in [2.45, 2.75) is 25.9 Å². The van der Waals surface area contributed by atoms with E-state index in [-0.39, 0.29) is 11.3 Å². The molecule has 37 heavy (non-hydrogen) atoms. The molecule has 0 fully saturated rings. The molecule has 5 rings (SSSR count). The quantitative estimate of drug-likeness (QED) is 0.260. The SMILES string of the molecule is CC(C)(C)C1C(c2ccccc2)=C(c2ccccc2)C(CP)=C1C(P)(c1ncccn1)c1ncccn1. The Morgan fingerprint density at radius 2 is 1.14 bits per heavy atom. The fraction of sp³-hybridized carbons (Fsp3) is 0.226. The van der Waals surface area contributed by atoms with E-state index in [1.54, 1.807) is 24.8 Å². The molecule has 186 valence electrons. The lowest BCUT2D eigenvalue weighted by Gasteiger charge is -2.40. The summed E-state index contributed by atoms with van der Waals surface area (Å²) in [5.41, 5.74) is 7.41. The van der Waals surface area contributed by atoms with Crippen molar-refractivity contribution in [3.63, 3.8) is 0 Å². The Kier molecular flexibility index (Phi) is 7.17. The molecule has 0 radical (unpaired) electrons. The molecule has 2 aromatic carbocycles. The van der Waals surface area contributed by atoms with Gasteiger partial charge in [0.1, 0.15) is 16.8 Å². The number of rotatable bonds is 6. The van der Waals surface area contributed by atoms with Gasteiger partial charge in [-0.05, 0) is 57.1 Å². The van der Waals surface area contributed by atoms with Gasteiger partial charge in [-0.1, -0.05) is 81.4 Å². The van der Waals surface area contributed by atoms with Gasteiger partial charge in [0.2, 0.25) is 0 Å². The summed E-state index contributed by atoms with van der Waals surface area (Å²) in [6.07, 6.45) is 7.98. The number of benzene rings is 2. The van der Waals surface area contributed by atoms with Gasteiger partial charge in [-0.15, -0.1) is 18.5 Å². The summed E-state index contributed by atoms with van der Waals surface area (Å²) in [6.45, 7) is 6.95. The average molecular weight is 523 g/mol. The minimum absolute atomic E-state index is 0.0609. The molecule has 0 aliphatic heterocycles. The van der Waals surface area contributed by atoms with Crippen molar-refractivity contribution in [2.24, 2.45) is 11.3 Å². The van der Waals surface area contributed by atoms with Crippen molar-refractivity contribution in [3.8, 4) is 0 Å². The van der Waals surface area contributed by atoms with Crippen LogP contribution in [0, 0.1) is 11.3 Å². The molecular weight excluding hydrogens is 490 g/mol. The fourth-order valence-corrected chi connectivity index (χ4v) is 6.58. The lowest BCUT2D eigenvalue weighted by atomic mass is 9.68. The fourth-order valence-electron chi connectivity index (χ4n) is 5.51. The van der Waals surface area contributed by atoms with Gasteiger partial charge in [0.25, 0.3) is 0 Å². The van der Waals surface area contributed by atoms with Gasteiger partial charge in [-0.25, -0.2) is 19.9 Å². The van der Waals surface area contributed by atoms with E-state index in [1.165, 1.54) is 33.4 Å². The standard InChI is InChI=1S/C31H32N4P2/c1-30(2,3)27-25(22-14-8-5-9-15-22)24(21-12-6-4-7-13-21)23(20-36)26(27)31(37,28-32-16-10-17-33-28)29-34-18-11-19-35-29/h4-19,27H,20,36-37H2,1-3H3. The number of hydrogen-bond acceptors (Lipinski definition) is 4. The van der Waals surface area contributed by atoms with Crippen molar-refractivity contribution >= 4 is 29.6 Å². The zero-order valence-corrected chi connectivity index (χ0v) is 23.8. The number of hydrogen-bond donors (Lipinski definition) is 0. The normalized spacial score (nSPS) is 16.4. The first-order valence-corrected chi connectivity index (χ1v) is 13.9. The highest BCUT2D eigenvalue weighted by Gasteiger charge is 2.51. The van der Waals surface area contributed by atoms with Gasteiger partial charge in [0.05, 0.1) is 0 Å². The topological polar surface area (TPSA) is 51.6 Å². The first kappa shape index (κ1) is 25.6. The van der Waals surface area contributed by atoms with Gasteiger partial charge >= 0.3 is 0 Å². The Labute approximate surface area is 224 Å². The molecule has 2 heterocycles. The molecule has 0 bridgehead atoms. The van der Waals surface area contributed by atoms with Crippen LogP contribution in [0.1, 0.15) is 43.5 Å². The molecule has 2 aromatic heterocycles. The van der Waals surface area contributed by atoms with Crippen LogP contribution in [0.3, 0.4) is 0 Å². The zero-order valence-electron chi connectivity index (χ0n) is 21.5. The van der Waals surface area contributed by atoms with Gasteiger partial charge in [-0.3, -0.25) is 0 Å². The Hall–Kier alpha value is -3.06. The van der Waals surface area contributed by atoms with Crippen LogP contribution in [0.25, 0.3) is 11.1 Å². The summed E-state index contributed by atoms with van der Waals surface area (Å²) in [7, 11) is 6.07. The van der Waals surface area contributed by atoms with E-state index < -0.39 is 5.16 Å². The lowest BCUT2D eigenvalue weighted by molar-refractivity contribution is 0.328. The largest absolute Gasteiger partial charge is 0.240 e. The third kappa shape index (κ3) is 4.58. The van der Waals surface area contributed by atoms with Gasteiger partial charge in [-0.2, -0.15) is 0 Å². The van der Waals surface area contributed by atoms with Crippen molar-refractivity contribution in [1.82, 2.24) is 19.9 Å². The molecule has 4 aromatic rings. The molecule has 4 nitrogen and oxygen atoms in total. The van der Waals surface area contributed by atoms with E-state index in [0.717, 1.165) is 6.16 Å². The third-order valence-electron chi connectivity index (χ3n) is 6.95. The smallest absolute Gasteiger partial charge is 0.149 e. The first-order valence-electron chi connectivity index (χ1n) is 12.5. The van der Waals surface area contributed by atoms with Crippen LogP contribution in [0.5, 0.6) is 0 Å². The molecule has 0 spiro atoms. The minimum Gasteiger partial charge on any atom is -0.240 e. The number of nitrogens with zero attached hydrogens (tertiary/aromatic N) is 4. The van der Waals surface area contributed by atoms with E-state index >= 15 is 0 Å². The lowest BCUT2D eigenvalue weighted by Crippen LogP contribution is -2.36. The maximum atomic E-state index is 4.78. The maximum absolute atomic E-state index is 4.78. The first-order chi connectivity index (χ1) is 17.9. The highest BCUT2D eigenvalue weighted by Crippen LogP contribution is 2.61. The van der Waals surface area contributed by atoms with Crippen LogP contribution < -0.4 is 0 Å². The van der Waals surface area contributed by atoms with Crippen molar-refractivity contribution in [1.29, 1.82) is 0 Å². The van der Waals surface area contributed by atoms with Crippen LogP contribution in [-0.2, 0) is 5.16 Å². The monoisotopic (exact) mass is 522 g/mol. The van der Waals surface area contributed by atoms with Gasteiger partial charge in [0, 0.05) is 30.7 Å². The van der Waals surface area contributed by atoms with Crippen LogP contribution in [0.4, 0.5) is 0 Å². The van der Waals surface area contributed by atoms with Gasteiger partial charge < -0.3 is 0 Å². The summed E-state index contributed by atoms with van der Waals surface area (Å²) >= 11 is 0. The van der Waals surface area contributed by atoms with E-state index in [2.05, 4.69) is 99.9 Å². The average Bonchev–Trinajstić information content (AvgIpc) is 3.31. The molecule has 0 saturated heterocycles. The molecule has 3 atom stereocenters. The highest BCUT2D eigenvalue weighted by atomic mass is 31.0. The molecular formula is C31H32N4P2. The molecule has 1 aliphatic carbocycles. The second-order valence-electron chi connectivity index (χ2n) is 10.4. The van der Waals surface area contributed by atoms with Crippen LogP contribution in [0.15, 0.2) is 109 Å². The molecule has 1 aliphatic rings. The van der Waals surface area contributed by atoms with Crippen LogP contribution in [0.2, 0.25) is 0 Å². The predicted octanol–water partition coefficient (Wildman–Crippen LogP) is 6.84. The molecule has 3 unspecified atom stereocenters. The Balaban J connectivity index is 1.92. The number of aromatic nitrogens is 4. The third-order valence-corrected chi connectivity index (χ3v) is 8.19. The zero-order chi connectivity index (χ0) is 26.0. The summed E-state index contributed by atoms with van der Waals surface area (Å²) in [5.74, 6) is 1.41.